The molecule has 0 saturated heterocycles. The molecular weight excluding hydrogens is 300 g/mol. The van der Waals surface area contributed by atoms with Gasteiger partial charge in [-0.1, -0.05) is 24.3 Å². The van der Waals surface area contributed by atoms with Crippen molar-refractivity contribution in [2.45, 2.75) is 6.92 Å². The van der Waals surface area contributed by atoms with Gasteiger partial charge in [0.25, 0.3) is 0 Å². The maximum atomic E-state index is 14.3. The molecule has 0 aliphatic rings. The third-order valence-corrected chi connectivity index (χ3v) is 4.17. The third-order valence-electron chi connectivity index (χ3n) is 3.32. The van der Waals surface area contributed by atoms with Gasteiger partial charge in [-0.2, -0.15) is 0 Å². The highest BCUT2D eigenvalue weighted by Crippen LogP contribution is 2.28. The smallest absolute Gasteiger partial charge is 0.159 e. The molecule has 0 atom stereocenters. The molecule has 4 heteroatoms. The molecule has 3 aromatic rings. The van der Waals surface area contributed by atoms with Crippen LogP contribution in [0.5, 0.6) is 0 Å². The molecule has 0 aliphatic carbocycles. The molecule has 0 N–H and O–H groups in total. The van der Waals surface area contributed by atoms with Gasteiger partial charge in [0.2, 0.25) is 0 Å². The average molecular weight is 313 g/mol. The number of hydrogen-bond donors (Lipinski definition) is 0. The zero-order chi connectivity index (χ0) is 15.5. The minimum absolute atomic E-state index is 0.301. The number of hydrogen-bond acceptors (Lipinski definition) is 2. The van der Waals surface area contributed by atoms with Crippen molar-refractivity contribution in [1.29, 1.82) is 0 Å². The number of rotatable bonds is 3. The summed E-state index contributed by atoms with van der Waals surface area (Å²) < 4.78 is 27.3. The first-order valence-electron chi connectivity index (χ1n) is 6.78. The van der Waals surface area contributed by atoms with Crippen molar-refractivity contribution in [3.8, 4) is 11.3 Å². The number of aryl methyl sites for hydroxylation is 1. The van der Waals surface area contributed by atoms with Crippen LogP contribution in [0.2, 0.25) is 0 Å². The van der Waals surface area contributed by atoms with Gasteiger partial charge in [-0.25, -0.2) is 13.8 Å². The van der Waals surface area contributed by atoms with E-state index in [0.717, 1.165) is 16.7 Å². The molecule has 0 radical (unpaired) electrons. The molecule has 0 amide bonds. The van der Waals surface area contributed by atoms with Crippen LogP contribution in [0.4, 0.5) is 8.78 Å². The summed E-state index contributed by atoms with van der Waals surface area (Å²) in [5.41, 5.74) is 3.26. The Bertz CT molecular complexity index is 819. The predicted molar refractivity (Wildman–Crippen MR) is 87.7 cm³/mol. The summed E-state index contributed by atoms with van der Waals surface area (Å²) in [5.74, 6) is -0.669. The van der Waals surface area contributed by atoms with E-state index in [1.807, 2.05) is 31.2 Å². The summed E-state index contributed by atoms with van der Waals surface area (Å²) in [6.45, 7) is 1.94. The first-order chi connectivity index (χ1) is 10.6. The molecule has 0 aliphatic heterocycles. The van der Waals surface area contributed by atoms with Crippen LogP contribution in [-0.2, 0) is 0 Å². The zero-order valence-corrected chi connectivity index (χ0v) is 12.7. The van der Waals surface area contributed by atoms with Gasteiger partial charge in [-0.05, 0) is 48.4 Å². The molecule has 1 aromatic heterocycles. The lowest BCUT2D eigenvalue weighted by molar-refractivity contribution is 0.628. The molecule has 0 bridgehead atoms. The van der Waals surface area contributed by atoms with Crippen molar-refractivity contribution in [2.75, 3.05) is 0 Å². The predicted octanol–water partition coefficient (Wildman–Crippen LogP) is 5.73. The Balaban J connectivity index is 1.90. The molecular formula is C18H13F2NS. The summed E-state index contributed by atoms with van der Waals surface area (Å²) in [7, 11) is 0. The van der Waals surface area contributed by atoms with Gasteiger partial charge in [-0.3, -0.25) is 0 Å². The number of benzene rings is 2. The second-order valence-electron chi connectivity index (χ2n) is 4.89. The Morgan fingerprint density at radius 1 is 1.09 bits per heavy atom. The van der Waals surface area contributed by atoms with Gasteiger partial charge in [-0.15, -0.1) is 11.3 Å². The SMILES string of the molecule is Cc1ccccc1C=C(F)c1nc(-c2ccc(F)cc2)cs1. The minimum Gasteiger partial charge on any atom is -0.234 e. The standard InChI is InChI=1S/C18H13F2NS/c1-12-4-2-3-5-14(12)10-16(20)18-21-17(11-22-18)13-6-8-15(19)9-7-13/h2-11H,1H3. The molecule has 110 valence electrons. The highest BCUT2D eigenvalue weighted by Gasteiger charge is 2.09. The van der Waals surface area contributed by atoms with E-state index in [2.05, 4.69) is 4.98 Å². The Hall–Kier alpha value is -2.33. The highest BCUT2D eigenvalue weighted by atomic mass is 32.1. The Morgan fingerprint density at radius 2 is 1.82 bits per heavy atom. The van der Waals surface area contributed by atoms with Crippen LogP contribution in [0.15, 0.2) is 53.9 Å². The van der Waals surface area contributed by atoms with Crippen molar-refractivity contribution in [1.82, 2.24) is 4.98 Å². The molecule has 0 saturated carbocycles. The van der Waals surface area contributed by atoms with Gasteiger partial charge < -0.3 is 0 Å². The van der Waals surface area contributed by atoms with Crippen LogP contribution < -0.4 is 0 Å². The molecule has 0 fully saturated rings. The topological polar surface area (TPSA) is 12.9 Å². The van der Waals surface area contributed by atoms with E-state index in [1.54, 1.807) is 17.5 Å². The molecule has 0 unspecified atom stereocenters. The number of thiazole rings is 1. The summed E-state index contributed by atoms with van der Waals surface area (Å²) in [6.07, 6.45) is 1.49. The van der Waals surface area contributed by atoms with Crippen LogP contribution in [0.3, 0.4) is 0 Å². The molecule has 22 heavy (non-hydrogen) atoms. The number of aromatic nitrogens is 1. The number of halogens is 2. The first kappa shape index (κ1) is 14.6. The lowest BCUT2D eigenvalue weighted by Gasteiger charge is -1.99. The van der Waals surface area contributed by atoms with Crippen LogP contribution in [-0.4, -0.2) is 4.98 Å². The van der Waals surface area contributed by atoms with E-state index in [4.69, 9.17) is 0 Å². The van der Waals surface area contributed by atoms with E-state index in [1.165, 1.54) is 29.5 Å². The van der Waals surface area contributed by atoms with E-state index < -0.39 is 0 Å². The van der Waals surface area contributed by atoms with Crippen LogP contribution >= 0.6 is 11.3 Å². The lowest BCUT2D eigenvalue weighted by Crippen LogP contribution is -1.83. The lowest BCUT2D eigenvalue weighted by atomic mass is 10.1. The second kappa shape index (κ2) is 6.20. The van der Waals surface area contributed by atoms with Gasteiger partial charge >= 0.3 is 0 Å². The third kappa shape index (κ3) is 3.12. The Morgan fingerprint density at radius 3 is 2.55 bits per heavy atom. The van der Waals surface area contributed by atoms with Gasteiger partial charge in [0.15, 0.2) is 10.8 Å². The van der Waals surface area contributed by atoms with E-state index in [9.17, 15) is 8.78 Å². The summed E-state index contributed by atoms with van der Waals surface area (Å²) in [5, 5.41) is 2.09. The van der Waals surface area contributed by atoms with Crippen molar-refractivity contribution in [2.24, 2.45) is 0 Å². The van der Waals surface area contributed by atoms with Crippen LogP contribution in [0.1, 0.15) is 16.1 Å². The molecule has 1 nitrogen and oxygen atoms in total. The average Bonchev–Trinajstić information content (AvgIpc) is 3.00. The quantitative estimate of drug-likeness (QED) is 0.602. The second-order valence-corrected chi connectivity index (χ2v) is 5.75. The zero-order valence-electron chi connectivity index (χ0n) is 11.9. The largest absolute Gasteiger partial charge is 0.234 e. The van der Waals surface area contributed by atoms with Gasteiger partial charge in [0.1, 0.15) is 5.82 Å². The van der Waals surface area contributed by atoms with Gasteiger partial charge in [0.05, 0.1) is 5.69 Å². The van der Waals surface area contributed by atoms with E-state index >= 15 is 0 Å². The van der Waals surface area contributed by atoms with Crippen LogP contribution in [0, 0.1) is 12.7 Å². The minimum atomic E-state index is -0.368. The monoisotopic (exact) mass is 313 g/mol. The van der Waals surface area contributed by atoms with E-state index in [0.29, 0.717) is 10.7 Å². The van der Waals surface area contributed by atoms with E-state index in [-0.39, 0.29) is 11.6 Å². The Kier molecular flexibility index (Phi) is 4.11. The highest BCUT2D eigenvalue weighted by molar-refractivity contribution is 7.11. The Labute approximate surface area is 131 Å². The fourth-order valence-corrected chi connectivity index (χ4v) is 2.82. The van der Waals surface area contributed by atoms with Gasteiger partial charge in [0, 0.05) is 10.9 Å². The van der Waals surface area contributed by atoms with Crippen molar-refractivity contribution in [3.63, 3.8) is 0 Å². The molecule has 3 rings (SSSR count). The fraction of sp³-hybridized carbons (Fsp3) is 0.0556. The maximum absolute atomic E-state index is 14.3. The van der Waals surface area contributed by atoms with Crippen molar-refractivity contribution in [3.05, 3.63) is 75.9 Å². The summed E-state index contributed by atoms with van der Waals surface area (Å²) >= 11 is 1.23. The van der Waals surface area contributed by atoms with Crippen molar-refractivity contribution < 1.29 is 8.78 Å². The number of nitrogens with zero attached hydrogens (tertiary/aromatic N) is 1. The normalized spacial score (nSPS) is 11.7. The first-order valence-corrected chi connectivity index (χ1v) is 7.66. The molecule has 2 aromatic carbocycles. The van der Waals surface area contributed by atoms with Crippen LogP contribution in [0.25, 0.3) is 23.2 Å². The summed E-state index contributed by atoms with van der Waals surface area (Å²) in [6, 6.07) is 13.6. The molecule has 0 spiro atoms. The maximum Gasteiger partial charge on any atom is 0.159 e. The summed E-state index contributed by atoms with van der Waals surface area (Å²) in [4.78, 5) is 4.29. The molecule has 1 heterocycles. The fourth-order valence-electron chi connectivity index (χ4n) is 2.08. The van der Waals surface area contributed by atoms with Crippen molar-refractivity contribution >= 4 is 23.2 Å².